The zero-order valence-electron chi connectivity index (χ0n) is 11.8. The quantitative estimate of drug-likeness (QED) is 0.846. The van der Waals surface area contributed by atoms with E-state index in [9.17, 15) is 17.2 Å². The largest absolute Gasteiger partial charge is 0.326 e. The van der Waals surface area contributed by atoms with E-state index in [1.807, 2.05) is 20.8 Å². The molecular formula is C13H20F2N2O2S. The molecule has 0 spiro atoms. The van der Waals surface area contributed by atoms with Crippen LogP contribution in [0.4, 0.5) is 8.78 Å². The first-order valence-electron chi connectivity index (χ1n) is 6.30. The van der Waals surface area contributed by atoms with Crippen molar-refractivity contribution in [1.29, 1.82) is 0 Å². The van der Waals surface area contributed by atoms with Crippen molar-refractivity contribution in [2.24, 2.45) is 11.1 Å². The minimum atomic E-state index is -4.11. The van der Waals surface area contributed by atoms with Gasteiger partial charge in [-0.05, 0) is 29.5 Å². The van der Waals surface area contributed by atoms with Crippen LogP contribution in [0.3, 0.4) is 0 Å². The smallest absolute Gasteiger partial charge is 0.243 e. The summed E-state index contributed by atoms with van der Waals surface area (Å²) in [5, 5.41) is 0. The molecule has 0 saturated carbocycles. The van der Waals surface area contributed by atoms with E-state index in [0.29, 0.717) is 0 Å². The maximum atomic E-state index is 13.7. The zero-order chi connectivity index (χ0) is 15.6. The van der Waals surface area contributed by atoms with E-state index in [4.69, 9.17) is 5.73 Å². The second-order valence-corrected chi connectivity index (χ2v) is 7.17. The molecule has 20 heavy (non-hydrogen) atoms. The van der Waals surface area contributed by atoms with Gasteiger partial charge in [0.2, 0.25) is 10.0 Å². The summed E-state index contributed by atoms with van der Waals surface area (Å²) < 4.78 is 53.5. The molecule has 0 radical (unpaired) electrons. The van der Waals surface area contributed by atoms with Gasteiger partial charge in [-0.1, -0.05) is 20.8 Å². The van der Waals surface area contributed by atoms with Crippen LogP contribution in [0.25, 0.3) is 0 Å². The van der Waals surface area contributed by atoms with Gasteiger partial charge in [-0.15, -0.1) is 0 Å². The second kappa shape index (κ2) is 6.15. The molecule has 0 bridgehead atoms. The Bertz CT molecular complexity index is 586. The van der Waals surface area contributed by atoms with E-state index in [0.717, 1.165) is 18.6 Å². The third-order valence-corrected chi connectivity index (χ3v) is 4.68. The molecule has 4 nitrogen and oxygen atoms in total. The van der Waals surface area contributed by atoms with Crippen molar-refractivity contribution in [2.45, 2.75) is 38.6 Å². The lowest BCUT2D eigenvalue weighted by atomic mass is 9.91. The highest BCUT2D eigenvalue weighted by atomic mass is 32.2. The summed E-state index contributed by atoms with van der Waals surface area (Å²) in [6.45, 7) is 5.75. The summed E-state index contributed by atoms with van der Waals surface area (Å²) in [7, 11) is -4.11. The van der Waals surface area contributed by atoms with E-state index in [1.165, 1.54) is 0 Å². The molecule has 0 aliphatic carbocycles. The van der Waals surface area contributed by atoms with Crippen LogP contribution in [0.1, 0.15) is 32.8 Å². The predicted molar refractivity (Wildman–Crippen MR) is 73.5 cm³/mol. The molecule has 3 N–H and O–H groups in total. The van der Waals surface area contributed by atoms with Crippen LogP contribution in [-0.4, -0.2) is 15.0 Å². The molecule has 114 valence electrons. The Morgan fingerprint density at radius 1 is 1.30 bits per heavy atom. The van der Waals surface area contributed by atoms with Crippen molar-refractivity contribution in [3.63, 3.8) is 0 Å². The van der Waals surface area contributed by atoms with Crippen molar-refractivity contribution >= 4 is 10.0 Å². The Morgan fingerprint density at radius 2 is 1.90 bits per heavy atom. The second-order valence-electron chi connectivity index (χ2n) is 5.44. The van der Waals surface area contributed by atoms with Crippen molar-refractivity contribution in [3.8, 4) is 0 Å². The Morgan fingerprint density at radius 3 is 2.40 bits per heavy atom. The molecule has 1 aromatic rings. The average Bonchev–Trinajstić information content (AvgIpc) is 2.39. The number of rotatable bonds is 6. The molecule has 0 aliphatic heterocycles. The summed E-state index contributed by atoms with van der Waals surface area (Å²) in [4.78, 5) is -0.704. The Balaban J connectivity index is 3.13. The van der Waals surface area contributed by atoms with Gasteiger partial charge < -0.3 is 5.73 Å². The van der Waals surface area contributed by atoms with Crippen molar-refractivity contribution in [1.82, 2.24) is 4.72 Å². The number of benzene rings is 1. The lowest BCUT2D eigenvalue weighted by molar-refractivity contribution is 0.349. The van der Waals surface area contributed by atoms with Crippen LogP contribution >= 0.6 is 0 Å². The number of sulfonamides is 1. The Hall–Kier alpha value is -1.05. The lowest BCUT2D eigenvalue weighted by Crippen LogP contribution is -2.34. The topological polar surface area (TPSA) is 72.2 Å². The first kappa shape index (κ1) is 17.0. The average molecular weight is 306 g/mol. The van der Waals surface area contributed by atoms with Crippen LogP contribution < -0.4 is 10.5 Å². The summed E-state index contributed by atoms with van der Waals surface area (Å²) in [5.74, 6) is -2.60. The number of halogens is 2. The van der Waals surface area contributed by atoms with Gasteiger partial charge in [-0.3, -0.25) is 0 Å². The van der Waals surface area contributed by atoms with Gasteiger partial charge >= 0.3 is 0 Å². The van der Waals surface area contributed by atoms with Gasteiger partial charge in [0.25, 0.3) is 0 Å². The molecule has 1 aromatic carbocycles. The molecule has 0 saturated heterocycles. The molecular weight excluding hydrogens is 286 g/mol. The molecule has 0 heterocycles. The van der Waals surface area contributed by atoms with E-state index in [-0.39, 0.29) is 24.1 Å². The van der Waals surface area contributed by atoms with Crippen LogP contribution in [0, 0.1) is 17.0 Å². The normalized spacial score (nSPS) is 12.7. The highest BCUT2D eigenvalue weighted by Crippen LogP contribution is 2.22. The van der Waals surface area contributed by atoms with Crippen molar-refractivity contribution in [3.05, 3.63) is 29.3 Å². The Kier molecular flexibility index (Phi) is 5.23. The molecule has 7 heteroatoms. The summed E-state index contributed by atoms with van der Waals surface area (Å²) in [6, 6.07) is 1.95. The predicted octanol–water partition coefficient (Wildman–Crippen LogP) is 2.14. The number of nitrogens with one attached hydrogen (secondary N) is 1. The SMILES string of the molecule is CCC(C)(C)CNS(=O)(=O)c1cc(CN)cc(F)c1F. The van der Waals surface area contributed by atoms with Crippen LogP contribution in [0.2, 0.25) is 0 Å². The summed E-state index contributed by atoms with van der Waals surface area (Å²) in [6.07, 6.45) is 0.745. The number of nitrogens with two attached hydrogens (primary N) is 1. The maximum Gasteiger partial charge on any atom is 0.243 e. The van der Waals surface area contributed by atoms with Crippen LogP contribution in [0.5, 0.6) is 0 Å². The van der Waals surface area contributed by atoms with E-state index >= 15 is 0 Å². The van der Waals surface area contributed by atoms with Crippen molar-refractivity contribution in [2.75, 3.05) is 6.54 Å². The molecule has 0 aliphatic rings. The first-order chi connectivity index (χ1) is 9.13. The molecule has 0 aromatic heterocycles. The van der Waals surface area contributed by atoms with Gasteiger partial charge in [0.1, 0.15) is 4.90 Å². The van der Waals surface area contributed by atoms with E-state index in [1.54, 1.807) is 0 Å². The monoisotopic (exact) mass is 306 g/mol. The minimum absolute atomic E-state index is 0.0693. The highest BCUT2D eigenvalue weighted by Gasteiger charge is 2.25. The molecule has 0 fully saturated rings. The van der Waals surface area contributed by atoms with E-state index < -0.39 is 26.6 Å². The Labute approximate surface area is 118 Å². The van der Waals surface area contributed by atoms with Gasteiger partial charge in [-0.2, -0.15) is 0 Å². The van der Waals surface area contributed by atoms with Crippen LogP contribution in [0.15, 0.2) is 17.0 Å². The maximum absolute atomic E-state index is 13.7. The fraction of sp³-hybridized carbons (Fsp3) is 0.538. The number of hydrogen-bond donors (Lipinski definition) is 2. The minimum Gasteiger partial charge on any atom is -0.326 e. The van der Waals surface area contributed by atoms with Crippen molar-refractivity contribution < 1.29 is 17.2 Å². The highest BCUT2D eigenvalue weighted by molar-refractivity contribution is 7.89. The third-order valence-electron chi connectivity index (χ3n) is 3.28. The van der Waals surface area contributed by atoms with E-state index in [2.05, 4.69) is 4.72 Å². The number of hydrogen-bond acceptors (Lipinski definition) is 3. The fourth-order valence-corrected chi connectivity index (χ4v) is 2.80. The van der Waals surface area contributed by atoms with Crippen LogP contribution in [-0.2, 0) is 16.6 Å². The van der Waals surface area contributed by atoms with Gasteiger partial charge in [0, 0.05) is 13.1 Å². The molecule has 1 rings (SSSR count). The van der Waals surface area contributed by atoms with Gasteiger partial charge in [-0.25, -0.2) is 21.9 Å². The fourth-order valence-electron chi connectivity index (χ4n) is 1.42. The zero-order valence-corrected chi connectivity index (χ0v) is 12.7. The summed E-state index contributed by atoms with van der Waals surface area (Å²) >= 11 is 0. The van der Waals surface area contributed by atoms with Gasteiger partial charge in [0.05, 0.1) is 0 Å². The lowest BCUT2D eigenvalue weighted by Gasteiger charge is -2.23. The third kappa shape index (κ3) is 3.97. The van der Waals surface area contributed by atoms with Gasteiger partial charge in [0.15, 0.2) is 11.6 Å². The molecule has 0 unspecified atom stereocenters. The molecule has 0 atom stereocenters. The summed E-state index contributed by atoms with van der Waals surface area (Å²) in [5.41, 5.74) is 5.29. The molecule has 0 amide bonds. The standard InChI is InChI=1S/C13H20F2N2O2S/c1-4-13(2,3)8-17-20(18,19)11-6-9(7-16)5-10(14)12(11)15/h5-6,17H,4,7-8,16H2,1-3H3. The first-order valence-corrected chi connectivity index (χ1v) is 7.79.